The highest BCUT2D eigenvalue weighted by Crippen LogP contribution is 2.25. The lowest BCUT2D eigenvalue weighted by molar-refractivity contribution is 0.0940. The predicted molar refractivity (Wildman–Crippen MR) is 114 cm³/mol. The largest absolute Gasteiger partial charge is 0.369 e. The first-order valence-corrected chi connectivity index (χ1v) is 10.0. The number of H-pyrrole nitrogens is 1. The van der Waals surface area contributed by atoms with E-state index in [-0.39, 0.29) is 29.1 Å². The number of hydrogen-bond acceptors (Lipinski definition) is 4. The Bertz CT molecular complexity index is 1250. The molecule has 3 aromatic rings. The van der Waals surface area contributed by atoms with Gasteiger partial charge in [0, 0.05) is 36.9 Å². The van der Waals surface area contributed by atoms with Gasteiger partial charge in [0.25, 0.3) is 11.5 Å². The molecule has 0 saturated carbocycles. The van der Waals surface area contributed by atoms with Gasteiger partial charge in [-0.3, -0.25) is 14.2 Å². The molecule has 0 aliphatic carbocycles. The minimum absolute atomic E-state index is 0.0623. The van der Waals surface area contributed by atoms with Crippen LogP contribution in [-0.2, 0) is 6.54 Å². The van der Waals surface area contributed by atoms with Gasteiger partial charge in [-0.15, -0.1) is 0 Å². The summed E-state index contributed by atoms with van der Waals surface area (Å²) < 4.78 is 14.5. The lowest BCUT2D eigenvalue weighted by Crippen LogP contribution is -2.37. The number of amides is 1. The third-order valence-corrected chi connectivity index (χ3v) is 5.64. The minimum Gasteiger partial charge on any atom is -0.369 e. The maximum atomic E-state index is 13.4. The zero-order valence-corrected chi connectivity index (χ0v) is 17.0. The number of carbonyl (C=O) groups is 1. The van der Waals surface area contributed by atoms with Gasteiger partial charge in [0.05, 0.1) is 15.9 Å². The summed E-state index contributed by atoms with van der Waals surface area (Å²) in [4.78, 5) is 41.8. The summed E-state index contributed by atoms with van der Waals surface area (Å²) in [5.74, 6) is -0.758. The van der Waals surface area contributed by atoms with Crippen molar-refractivity contribution < 1.29 is 9.18 Å². The average Bonchev–Trinajstić information content (AvgIpc) is 3.18. The topological polar surface area (TPSA) is 87.2 Å². The maximum Gasteiger partial charge on any atom is 0.328 e. The Morgan fingerprint density at radius 3 is 2.80 bits per heavy atom. The number of aromatic amines is 1. The first-order valence-electron chi connectivity index (χ1n) is 9.65. The van der Waals surface area contributed by atoms with Crippen LogP contribution in [0.1, 0.15) is 23.7 Å². The standard InChI is InChI=1S/C21H20ClFN4O3/c1-2-27-20(29)15-5-3-12(9-18(15)25-21(27)30)19(28)24-13-7-8-26(11-13)14-4-6-17(23)16(22)10-14/h3-6,9-10,13H,2,7-8,11H2,1H3,(H,24,28)(H,25,30). The van der Waals surface area contributed by atoms with E-state index < -0.39 is 11.5 Å². The number of benzene rings is 2. The van der Waals surface area contributed by atoms with Gasteiger partial charge in [-0.05, 0) is 49.7 Å². The summed E-state index contributed by atoms with van der Waals surface area (Å²) >= 11 is 5.86. The number of fused-ring (bicyclic) bond motifs is 1. The van der Waals surface area contributed by atoms with E-state index in [1.54, 1.807) is 31.2 Å². The highest BCUT2D eigenvalue weighted by molar-refractivity contribution is 6.31. The highest BCUT2D eigenvalue weighted by Gasteiger charge is 2.25. The van der Waals surface area contributed by atoms with Crippen molar-refractivity contribution in [3.63, 3.8) is 0 Å². The van der Waals surface area contributed by atoms with Crippen LogP contribution in [0.3, 0.4) is 0 Å². The van der Waals surface area contributed by atoms with Crippen molar-refractivity contribution in [2.45, 2.75) is 25.9 Å². The third kappa shape index (κ3) is 3.70. The zero-order chi connectivity index (χ0) is 21.4. The fraction of sp³-hybridized carbons (Fsp3) is 0.286. The molecule has 0 spiro atoms. The molecular formula is C21H20ClFN4O3. The van der Waals surface area contributed by atoms with Gasteiger partial charge in [0.15, 0.2) is 0 Å². The van der Waals surface area contributed by atoms with Crippen LogP contribution in [0.2, 0.25) is 5.02 Å². The van der Waals surface area contributed by atoms with E-state index in [9.17, 15) is 18.8 Å². The number of carbonyl (C=O) groups excluding carboxylic acids is 1. The SMILES string of the molecule is CCn1c(=O)[nH]c2cc(C(=O)NC3CCN(c4ccc(F)c(Cl)c4)C3)ccc2c1=O. The van der Waals surface area contributed by atoms with E-state index in [2.05, 4.69) is 10.3 Å². The molecule has 0 radical (unpaired) electrons. The zero-order valence-electron chi connectivity index (χ0n) is 16.2. The van der Waals surface area contributed by atoms with Gasteiger partial charge >= 0.3 is 5.69 Å². The van der Waals surface area contributed by atoms with Crippen LogP contribution in [0.25, 0.3) is 10.9 Å². The average molecular weight is 431 g/mol. The van der Waals surface area contributed by atoms with E-state index in [0.29, 0.717) is 29.6 Å². The summed E-state index contributed by atoms with van der Waals surface area (Å²) in [6, 6.07) is 9.10. The van der Waals surface area contributed by atoms with Crippen LogP contribution in [0.5, 0.6) is 0 Å². The number of rotatable bonds is 4. The fourth-order valence-corrected chi connectivity index (χ4v) is 3.92. The Labute approximate surface area is 176 Å². The van der Waals surface area contributed by atoms with Crippen molar-refractivity contribution in [3.8, 4) is 0 Å². The lowest BCUT2D eigenvalue weighted by atomic mass is 10.1. The molecule has 156 valence electrons. The monoisotopic (exact) mass is 430 g/mol. The first kappa shape index (κ1) is 20.2. The van der Waals surface area contributed by atoms with Crippen molar-refractivity contribution in [1.82, 2.24) is 14.9 Å². The van der Waals surface area contributed by atoms with Gasteiger partial charge in [-0.25, -0.2) is 9.18 Å². The lowest BCUT2D eigenvalue weighted by Gasteiger charge is -2.19. The molecule has 1 atom stereocenters. The Morgan fingerprint density at radius 1 is 1.27 bits per heavy atom. The fourth-order valence-electron chi connectivity index (χ4n) is 3.75. The molecule has 7 nitrogen and oxygen atoms in total. The minimum atomic E-state index is -0.503. The number of nitrogens with one attached hydrogen (secondary N) is 2. The van der Waals surface area contributed by atoms with Crippen LogP contribution in [0.4, 0.5) is 10.1 Å². The molecule has 1 fully saturated rings. The Balaban J connectivity index is 1.50. The molecule has 2 aromatic carbocycles. The summed E-state index contributed by atoms with van der Waals surface area (Å²) in [7, 11) is 0. The molecule has 0 bridgehead atoms. The second-order valence-corrected chi connectivity index (χ2v) is 7.65. The molecule has 30 heavy (non-hydrogen) atoms. The summed E-state index contributed by atoms with van der Waals surface area (Å²) in [5, 5.41) is 3.39. The van der Waals surface area contributed by atoms with E-state index in [4.69, 9.17) is 11.6 Å². The van der Waals surface area contributed by atoms with Crippen molar-refractivity contribution in [2.75, 3.05) is 18.0 Å². The van der Waals surface area contributed by atoms with E-state index in [1.165, 1.54) is 12.1 Å². The van der Waals surface area contributed by atoms with Crippen LogP contribution >= 0.6 is 11.6 Å². The first-order chi connectivity index (χ1) is 14.4. The number of hydrogen-bond donors (Lipinski definition) is 2. The Kier molecular flexibility index (Phi) is 5.34. The number of halogens is 2. The van der Waals surface area contributed by atoms with Gasteiger partial charge in [0.2, 0.25) is 0 Å². The molecule has 4 rings (SSSR count). The Morgan fingerprint density at radius 2 is 2.07 bits per heavy atom. The van der Waals surface area contributed by atoms with Crippen molar-refractivity contribution >= 4 is 34.1 Å². The van der Waals surface area contributed by atoms with Gasteiger partial charge in [-0.1, -0.05) is 11.6 Å². The molecule has 1 saturated heterocycles. The van der Waals surface area contributed by atoms with Crippen molar-refractivity contribution in [3.05, 3.63) is 73.6 Å². The van der Waals surface area contributed by atoms with Crippen LogP contribution in [-0.4, -0.2) is 34.6 Å². The molecule has 1 aromatic heterocycles. The Hall–Kier alpha value is -3.13. The van der Waals surface area contributed by atoms with E-state index in [1.807, 2.05) is 4.90 Å². The summed E-state index contributed by atoms with van der Waals surface area (Å²) in [6.45, 7) is 3.26. The second kappa shape index (κ2) is 7.95. The molecule has 1 aliphatic heterocycles. The molecular weight excluding hydrogens is 411 g/mol. The van der Waals surface area contributed by atoms with Crippen molar-refractivity contribution in [1.29, 1.82) is 0 Å². The molecule has 2 N–H and O–H groups in total. The normalized spacial score (nSPS) is 16.2. The molecule has 1 aliphatic rings. The smallest absolute Gasteiger partial charge is 0.328 e. The molecule has 1 amide bonds. The van der Waals surface area contributed by atoms with Gasteiger partial charge in [-0.2, -0.15) is 0 Å². The second-order valence-electron chi connectivity index (χ2n) is 7.24. The van der Waals surface area contributed by atoms with Crippen molar-refractivity contribution in [2.24, 2.45) is 0 Å². The third-order valence-electron chi connectivity index (χ3n) is 5.35. The van der Waals surface area contributed by atoms with Gasteiger partial charge < -0.3 is 15.2 Å². The predicted octanol–water partition coefficient (Wildman–Crippen LogP) is 2.51. The summed E-state index contributed by atoms with van der Waals surface area (Å²) in [5.41, 5.74) is 0.601. The van der Waals surface area contributed by atoms with Crippen LogP contribution < -0.4 is 21.5 Å². The molecule has 9 heteroatoms. The maximum absolute atomic E-state index is 13.4. The quantitative estimate of drug-likeness (QED) is 0.665. The highest BCUT2D eigenvalue weighted by atomic mass is 35.5. The summed E-state index contributed by atoms with van der Waals surface area (Å²) in [6.07, 6.45) is 0.729. The molecule has 1 unspecified atom stereocenters. The van der Waals surface area contributed by atoms with Gasteiger partial charge in [0.1, 0.15) is 5.82 Å². The molecule has 2 heterocycles. The van der Waals surface area contributed by atoms with Crippen LogP contribution in [0, 0.1) is 5.82 Å². The number of anilines is 1. The number of nitrogens with zero attached hydrogens (tertiary/aromatic N) is 2. The van der Waals surface area contributed by atoms with E-state index in [0.717, 1.165) is 16.7 Å². The number of aromatic nitrogens is 2. The van der Waals surface area contributed by atoms with E-state index >= 15 is 0 Å². The van der Waals surface area contributed by atoms with Crippen LogP contribution in [0.15, 0.2) is 46.0 Å².